The lowest BCUT2D eigenvalue weighted by atomic mass is 10.0. The summed E-state index contributed by atoms with van der Waals surface area (Å²) < 4.78 is 50.9. The van der Waals surface area contributed by atoms with Gasteiger partial charge < -0.3 is 93.3 Å². The molecule has 0 spiro atoms. The monoisotopic (exact) mass is 1480 g/mol. The number of hydrogen-bond donors (Lipinski definition) is 9. The van der Waals surface area contributed by atoms with Gasteiger partial charge in [-0.1, -0.05) is 104 Å². The van der Waals surface area contributed by atoms with Gasteiger partial charge in [-0.2, -0.15) is 0 Å². The number of alkyl halides is 1. The maximum atomic E-state index is 13.1. The summed E-state index contributed by atoms with van der Waals surface area (Å²) in [5.41, 5.74) is 7.78. The van der Waals surface area contributed by atoms with Gasteiger partial charge in [0.2, 0.25) is 0 Å². The average Bonchev–Trinajstić information content (AvgIpc) is 0.838. The molecule has 0 unspecified atom stereocenters. The molecular weight excluding hydrogens is 1390 g/mol. The van der Waals surface area contributed by atoms with Gasteiger partial charge in [-0.3, -0.25) is 19.2 Å². The van der Waals surface area contributed by atoms with E-state index in [0.29, 0.717) is 102 Å². The summed E-state index contributed by atoms with van der Waals surface area (Å²) in [6, 6.07) is 30.9. The van der Waals surface area contributed by atoms with Crippen molar-refractivity contribution in [2.24, 2.45) is 0 Å². The number of ketones is 4. The Morgan fingerprint density at radius 1 is 0.377 bits per heavy atom. The predicted octanol–water partition coefficient (Wildman–Crippen LogP) is 12.9. The minimum absolute atomic E-state index is 0.0372. The standard InChI is InChI=1S/C28H32O8.C26H28O7.C23H24O6.C5H9ClO2/c1-19(36-18-33-2)13-24(25(31)10-6-20-5-9-22(16-29)23(14-20)17-30)26(32)11-7-21-8-12-27(34-3)28(15-21)35-4;1-17(29)12-22(23(30)9-5-18-4-8-20(15-27)21(13-18)16-28)24(31)10-6-19-7-11-25(32-2)26(14-19)33-3;1-28-22-10-6-17(12-23(22)29-2)5-9-21(27)13-20(26)8-4-16-3-7-18(14-24)19(11-16)15-25;1-5(3-6)8-4-7-2/h5-12,14-15,29-31H,1,13,16-18H2,2-4H3;4-11,13-14,27-28,30H,12,15-16H2,1-3H3;3-13,24-26H,14-15H2,1-2H3;1,3-4H2,2H3/b10-6+,11-7+,25-24?;9-5+,10-6+,23-22?;8-4+,9-5+,20-13?;. The molecule has 0 heterocycles. The maximum Gasteiger partial charge on any atom is 0.188 e. The van der Waals surface area contributed by atoms with E-state index in [0.717, 1.165) is 17.2 Å². The summed E-state index contributed by atoms with van der Waals surface area (Å²) in [5.74, 6) is 1.99. The Labute approximate surface area is 622 Å². The molecule has 0 aliphatic carbocycles. The molecule has 0 fully saturated rings. The van der Waals surface area contributed by atoms with Crippen LogP contribution in [0, 0.1) is 0 Å². The van der Waals surface area contributed by atoms with Crippen LogP contribution in [0.4, 0.5) is 0 Å². The number of benzene rings is 6. The van der Waals surface area contributed by atoms with E-state index in [1.165, 1.54) is 86.0 Å². The van der Waals surface area contributed by atoms with Gasteiger partial charge in [-0.25, -0.2) is 0 Å². The van der Waals surface area contributed by atoms with E-state index in [1.54, 1.807) is 160 Å². The minimum Gasteiger partial charge on any atom is -0.508 e. The molecule has 0 amide bonds. The van der Waals surface area contributed by atoms with E-state index in [9.17, 15) is 65.1 Å². The van der Waals surface area contributed by atoms with Crippen LogP contribution in [0.1, 0.15) is 86.5 Å². The van der Waals surface area contributed by atoms with Gasteiger partial charge in [-0.05, 0) is 165 Å². The number of aliphatic hydroxyl groups is 9. The molecule has 0 saturated carbocycles. The van der Waals surface area contributed by atoms with Crippen LogP contribution in [0.2, 0.25) is 0 Å². The lowest BCUT2D eigenvalue weighted by Gasteiger charge is -2.11. The minimum atomic E-state index is -0.506. The maximum absolute atomic E-state index is 13.1. The summed E-state index contributed by atoms with van der Waals surface area (Å²) in [7, 11) is 12.2. The first-order valence-corrected chi connectivity index (χ1v) is 32.8. The highest BCUT2D eigenvalue weighted by Gasteiger charge is 2.17. The summed E-state index contributed by atoms with van der Waals surface area (Å²) in [6.07, 6.45) is 18.4. The second kappa shape index (κ2) is 49.5. The lowest BCUT2D eigenvalue weighted by Crippen LogP contribution is -2.06. The number of Topliss-reactive ketones (excluding diaryl/α,β-unsaturated/α-hetero) is 1. The highest BCUT2D eigenvalue weighted by Crippen LogP contribution is 2.31. The fraction of sp³-hybridized carbons (Fsp3) is 0.244. The zero-order chi connectivity index (χ0) is 78.5. The van der Waals surface area contributed by atoms with Crippen molar-refractivity contribution in [1.29, 1.82) is 0 Å². The molecule has 0 bridgehead atoms. The summed E-state index contributed by atoms with van der Waals surface area (Å²) in [5, 5.41) is 87.4. The van der Waals surface area contributed by atoms with Crippen molar-refractivity contribution in [3.05, 3.63) is 272 Å². The molecule has 6 aromatic rings. The quantitative estimate of drug-likeness (QED) is 0.00571. The Bertz CT molecular complexity index is 4190. The Hall–Kier alpha value is -11.1. The SMILES string of the molecule is C=C(CC(C(=O)/C=C/c1ccc(OC)c(OC)c1)=C(O)/C=C/c1ccc(CO)c(CO)c1)OCOC.C=C(CCl)OCOC.COc1ccc(/C=C/C(=O)C(CC(C)=O)=C(O)/C=C/c2ccc(CO)c(CO)c2)cc1OC.COc1ccc(/C=C/C(=O)C=C(O)/C=C/c2ccc(CO)c(CO)c2)cc1OC. The van der Waals surface area contributed by atoms with Gasteiger partial charge in [0, 0.05) is 44.3 Å². The van der Waals surface area contributed by atoms with Crippen molar-refractivity contribution in [3.63, 3.8) is 0 Å². The van der Waals surface area contributed by atoms with Crippen LogP contribution in [0.25, 0.3) is 36.5 Å². The molecule has 0 saturated heterocycles. The largest absolute Gasteiger partial charge is 0.508 e. The van der Waals surface area contributed by atoms with Gasteiger partial charge in [0.05, 0.1) is 93.9 Å². The van der Waals surface area contributed by atoms with Crippen LogP contribution in [0.5, 0.6) is 34.5 Å². The smallest absolute Gasteiger partial charge is 0.188 e. The molecule has 0 radical (unpaired) electrons. The molecule has 0 aromatic heterocycles. The van der Waals surface area contributed by atoms with Gasteiger partial charge in [0.1, 0.15) is 28.8 Å². The van der Waals surface area contributed by atoms with Crippen molar-refractivity contribution >= 4 is 71.2 Å². The molecule has 24 heteroatoms. The Kier molecular flexibility index (Phi) is 41.7. The van der Waals surface area contributed by atoms with E-state index >= 15 is 0 Å². The van der Waals surface area contributed by atoms with E-state index in [1.807, 2.05) is 0 Å². The Balaban J connectivity index is 0.000000393. The zero-order valence-corrected chi connectivity index (χ0v) is 61.5. The number of aliphatic hydroxyl groups excluding tert-OH is 9. The lowest BCUT2D eigenvalue weighted by molar-refractivity contribution is -0.118. The van der Waals surface area contributed by atoms with Crippen LogP contribution in [-0.2, 0) is 77.8 Å². The van der Waals surface area contributed by atoms with Crippen LogP contribution < -0.4 is 28.4 Å². The van der Waals surface area contributed by atoms with Crippen LogP contribution in [0.15, 0.2) is 205 Å². The fourth-order valence-electron chi connectivity index (χ4n) is 9.15. The van der Waals surface area contributed by atoms with E-state index < -0.39 is 11.6 Å². The second-order valence-corrected chi connectivity index (χ2v) is 22.4. The molecule has 0 aliphatic rings. The number of rotatable bonds is 38. The molecule has 106 heavy (non-hydrogen) atoms. The molecule has 566 valence electrons. The Morgan fingerprint density at radius 2 is 0.679 bits per heavy atom. The van der Waals surface area contributed by atoms with Gasteiger partial charge >= 0.3 is 0 Å². The van der Waals surface area contributed by atoms with Crippen molar-refractivity contribution < 1.29 is 113 Å². The second-order valence-electron chi connectivity index (χ2n) is 22.2. The molecule has 6 aromatic carbocycles. The zero-order valence-electron chi connectivity index (χ0n) is 60.7. The highest BCUT2D eigenvalue weighted by atomic mass is 35.5. The number of carbonyl (C=O) groups excluding carboxylic acids is 4. The van der Waals surface area contributed by atoms with Gasteiger partial charge in [0.25, 0.3) is 0 Å². The normalized spacial score (nSPS) is 11.8. The van der Waals surface area contributed by atoms with Gasteiger partial charge in [0.15, 0.2) is 65.4 Å². The molecule has 23 nitrogen and oxygen atoms in total. The first-order chi connectivity index (χ1) is 51.0. The molecule has 0 aliphatic heterocycles. The van der Waals surface area contributed by atoms with E-state index in [2.05, 4.69) is 17.9 Å². The predicted molar refractivity (Wildman–Crippen MR) is 408 cm³/mol. The number of halogens is 1. The topological polar surface area (TPSA) is 343 Å². The number of hydrogen-bond acceptors (Lipinski definition) is 23. The average molecular weight is 1480 g/mol. The third kappa shape index (κ3) is 31.1. The number of allylic oxidation sites excluding steroid dienone is 10. The Morgan fingerprint density at radius 3 is 1.00 bits per heavy atom. The molecule has 0 atom stereocenters. The van der Waals surface area contributed by atoms with E-state index in [4.69, 9.17) is 54.2 Å². The molecule has 6 rings (SSSR count). The number of carbonyl (C=O) groups is 4. The molecular formula is C82H93ClO23. The fourth-order valence-corrected chi connectivity index (χ4v) is 9.23. The summed E-state index contributed by atoms with van der Waals surface area (Å²) in [4.78, 5) is 49.5. The van der Waals surface area contributed by atoms with Gasteiger partial charge in [-0.15, -0.1) is 11.6 Å². The third-order valence-corrected chi connectivity index (χ3v) is 15.1. The molecule has 9 N–H and O–H groups in total. The summed E-state index contributed by atoms with van der Waals surface area (Å²) in [6.45, 7) is 7.56. The first-order valence-electron chi connectivity index (χ1n) is 32.3. The van der Waals surface area contributed by atoms with Crippen LogP contribution in [0.3, 0.4) is 0 Å². The number of ether oxygens (including phenoxy) is 10. The van der Waals surface area contributed by atoms with Crippen molar-refractivity contribution in [3.8, 4) is 34.5 Å². The van der Waals surface area contributed by atoms with Crippen molar-refractivity contribution in [1.82, 2.24) is 0 Å². The van der Waals surface area contributed by atoms with E-state index in [-0.39, 0.29) is 112 Å². The van der Waals surface area contributed by atoms with Crippen molar-refractivity contribution in [2.45, 2.75) is 59.4 Å². The van der Waals surface area contributed by atoms with Crippen LogP contribution >= 0.6 is 11.6 Å². The number of methoxy groups -OCH3 is 8. The van der Waals surface area contributed by atoms with Crippen LogP contribution in [-0.4, -0.2) is 145 Å². The third-order valence-electron chi connectivity index (χ3n) is 14.8. The summed E-state index contributed by atoms with van der Waals surface area (Å²) >= 11 is 5.31. The van der Waals surface area contributed by atoms with Crippen molar-refractivity contribution in [2.75, 3.05) is 76.3 Å². The first kappa shape index (κ1) is 89.1. The highest BCUT2D eigenvalue weighted by molar-refractivity contribution is 6.19.